The largest absolute Gasteiger partial charge is 0.339 e. The van der Waals surface area contributed by atoms with Gasteiger partial charge in [0.2, 0.25) is 11.8 Å². The highest BCUT2D eigenvalue weighted by Crippen LogP contribution is 2.21. The third-order valence-corrected chi connectivity index (χ3v) is 3.75. The monoisotopic (exact) mass is 323 g/mol. The minimum Gasteiger partial charge on any atom is -0.339 e. The molecule has 0 saturated carbocycles. The van der Waals surface area contributed by atoms with Crippen LogP contribution in [0.15, 0.2) is 22.7 Å². The van der Waals surface area contributed by atoms with Crippen LogP contribution >= 0.6 is 0 Å². The molecular weight excluding hydrogens is 304 g/mol. The summed E-state index contributed by atoms with van der Waals surface area (Å²) in [6.45, 7) is 3.50. The van der Waals surface area contributed by atoms with Crippen LogP contribution in [-0.2, 0) is 11.2 Å². The Kier molecular flexibility index (Phi) is 5.41. The molecule has 0 aliphatic heterocycles. The van der Waals surface area contributed by atoms with Gasteiger partial charge in [-0.1, -0.05) is 11.2 Å². The molecule has 1 aromatic heterocycles. The van der Waals surface area contributed by atoms with E-state index in [0.717, 1.165) is 12.1 Å². The van der Waals surface area contributed by atoms with Gasteiger partial charge in [-0.25, -0.2) is 8.78 Å². The van der Waals surface area contributed by atoms with Crippen LogP contribution in [0.4, 0.5) is 8.78 Å². The average molecular weight is 323 g/mol. The van der Waals surface area contributed by atoms with Crippen molar-refractivity contribution in [3.05, 3.63) is 47.1 Å². The van der Waals surface area contributed by atoms with Crippen molar-refractivity contribution >= 4 is 5.91 Å². The number of aryl methyl sites for hydroxylation is 2. The van der Waals surface area contributed by atoms with E-state index in [2.05, 4.69) is 10.1 Å². The molecule has 0 spiro atoms. The van der Waals surface area contributed by atoms with E-state index in [1.165, 1.54) is 11.0 Å². The molecule has 7 heteroatoms. The lowest BCUT2D eigenvalue weighted by Crippen LogP contribution is -2.29. The molecule has 1 atom stereocenters. The molecule has 1 aromatic carbocycles. The molecule has 0 aliphatic rings. The first-order chi connectivity index (χ1) is 10.9. The summed E-state index contributed by atoms with van der Waals surface area (Å²) in [6, 6.07) is 3.32. The van der Waals surface area contributed by atoms with Crippen LogP contribution in [0.1, 0.15) is 43.1 Å². The number of carbonyl (C=O) groups excluding carboxylic acids is 1. The lowest BCUT2D eigenvalue weighted by atomic mass is 10.1. The summed E-state index contributed by atoms with van der Waals surface area (Å²) < 4.78 is 31.3. The summed E-state index contributed by atoms with van der Waals surface area (Å²) in [5, 5.41) is 3.69. The van der Waals surface area contributed by atoms with Crippen molar-refractivity contribution in [2.24, 2.45) is 0 Å². The van der Waals surface area contributed by atoms with Crippen LogP contribution in [-0.4, -0.2) is 28.0 Å². The first-order valence-electron chi connectivity index (χ1n) is 7.38. The molecule has 2 aromatic rings. The third-order valence-electron chi connectivity index (χ3n) is 3.75. The molecule has 0 saturated heterocycles. The van der Waals surface area contributed by atoms with Gasteiger partial charge in [0.1, 0.15) is 0 Å². The maximum Gasteiger partial charge on any atom is 0.226 e. The van der Waals surface area contributed by atoms with E-state index < -0.39 is 11.6 Å². The van der Waals surface area contributed by atoms with Gasteiger partial charge in [-0.2, -0.15) is 4.98 Å². The Bertz CT molecular complexity index is 688. The summed E-state index contributed by atoms with van der Waals surface area (Å²) >= 11 is 0. The molecule has 0 bridgehead atoms. The quantitative estimate of drug-likeness (QED) is 0.819. The summed E-state index contributed by atoms with van der Waals surface area (Å²) in [7, 11) is 1.64. The third kappa shape index (κ3) is 4.34. The molecule has 23 heavy (non-hydrogen) atoms. The Balaban J connectivity index is 1.89. The lowest BCUT2D eigenvalue weighted by molar-refractivity contribution is -0.131. The summed E-state index contributed by atoms with van der Waals surface area (Å²) in [5.41, 5.74) is 0.548. The number of halogens is 2. The van der Waals surface area contributed by atoms with Gasteiger partial charge in [0.25, 0.3) is 0 Å². The number of aromatic nitrogens is 2. The maximum atomic E-state index is 13.3. The number of nitrogens with zero attached hydrogens (tertiary/aromatic N) is 3. The second-order valence-corrected chi connectivity index (χ2v) is 5.44. The number of amides is 1. The summed E-state index contributed by atoms with van der Waals surface area (Å²) in [4.78, 5) is 17.8. The van der Waals surface area contributed by atoms with Gasteiger partial charge >= 0.3 is 0 Å². The van der Waals surface area contributed by atoms with Crippen molar-refractivity contribution in [2.75, 3.05) is 7.05 Å². The first kappa shape index (κ1) is 17.1. The average Bonchev–Trinajstić information content (AvgIpc) is 2.94. The molecule has 1 unspecified atom stereocenters. The fraction of sp³-hybridized carbons (Fsp3) is 0.438. The van der Waals surface area contributed by atoms with Crippen LogP contribution in [0.5, 0.6) is 0 Å². The van der Waals surface area contributed by atoms with Crippen molar-refractivity contribution < 1.29 is 18.1 Å². The standard InChI is InChI=1S/C16H19F2N3O2/c1-10(12-7-8-13(17)14(18)9-12)21(3)16(22)6-4-5-15-19-11(2)20-23-15/h7-10H,4-6H2,1-3H3. The van der Waals surface area contributed by atoms with E-state index in [1.54, 1.807) is 20.9 Å². The van der Waals surface area contributed by atoms with Crippen LogP contribution in [0, 0.1) is 18.6 Å². The topological polar surface area (TPSA) is 59.2 Å². The molecule has 0 radical (unpaired) electrons. The fourth-order valence-electron chi connectivity index (χ4n) is 2.22. The normalized spacial score (nSPS) is 12.2. The highest BCUT2D eigenvalue weighted by Gasteiger charge is 2.18. The van der Waals surface area contributed by atoms with Crippen molar-refractivity contribution in [3.63, 3.8) is 0 Å². The van der Waals surface area contributed by atoms with Crippen molar-refractivity contribution in [1.29, 1.82) is 0 Å². The predicted octanol–water partition coefficient (Wildman–Crippen LogP) is 3.20. The zero-order valence-electron chi connectivity index (χ0n) is 13.3. The molecule has 0 fully saturated rings. The van der Waals surface area contributed by atoms with Gasteiger partial charge < -0.3 is 9.42 Å². The van der Waals surface area contributed by atoms with Crippen LogP contribution in [0.25, 0.3) is 0 Å². The fourth-order valence-corrected chi connectivity index (χ4v) is 2.22. The number of hydrogen-bond donors (Lipinski definition) is 0. The van der Waals surface area contributed by atoms with Gasteiger partial charge in [-0.05, 0) is 38.0 Å². The molecule has 0 N–H and O–H groups in total. The summed E-state index contributed by atoms with van der Waals surface area (Å²) in [5.74, 6) is -0.827. The van der Waals surface area contributed by atoms with Crippen LogP contribution in [0.3, 0.4) is 0 Å². The van der Waals surface area contributed by atoms with E-state index in [-0.39, 0.29) is 11.9 Å². The van der Waals surface area contributed by atoms with Gasteiger partial charge in [0.15, 0.2) is 17.5 Å². The van der Waals surface area contributed by atoms with Crippen molar-refractivity contribution in [3.8, 4) is 0 Å². The van der Waals surface area contributed by atoms with E-state index in [9.17, 15) is 13.6 Å². The molecule has 0 aliphatic carbocycles. The number of benzene rings is 1. The molecular formula is C16H19F2N3O2. The Morgan fingerprint density at radius 1 is 1.35 bits per heavy atom. The number of hydrogen-bond acceptors (Lipinski definition) is 4. The second-order valence-electron chi connectivity index (χ2n) is 5.44. The second kappa shape index (κ2) is 7.30. The Morgan fingerprint density at radius 2 is 2.09 bits per heavy atom. The highest BCUT2D eigenvalue weighted by atomic mass is 19.2. The van der Waals surface area contributed by atoms with E-state index >= 15 is 0 Å². The van der Waals surface area contributed by atoms with E-state index in [0.29, 0.717) is 36.5 Å². The van der Waals surface area contributed by atoms with E-state index in [1.807, 2.05) is 0 Å². The Morgan fingerprint density at radius 3 is 2.70 bits per heavy atom. The zero-order chi connectivity index (χ0) is 17.0. The number of carbonyl (C=O) groups is 1. The zero-order valence-corrected chi connectivity index (χ0v) is 13.3. The minimum atomic E-state index is -0.915. The smallest absolute Gasteiger partial charge is 0.226 e. The van der Waals surface area contributed by atoms with Crippen molar-refractivity contribution in [2.45, 2.75) is 39.2 Å². The molecule has 1 amide bonds. The molecule has 124 valence electrons. The van der Waals surface area contributed by atoms with Gasteiger partial charge in [-0.3, -0.25) is 4.79 Å². The van der Waals surface area contributed by atoms with Gasteiger partial charge in [0, 0.05) is 19.9 Å². The van der Waals surface area contributed by atoms with Crippen LogP contribution < -0.4 is 0 Å². The first-order valence-corrected chi connectivity index (χ1v) is 7.38. The SMILES string of the molecule is Cc1noc(CCCC(=O)N(C)C(C)c2ccc(F)c(F)c2)n1. The van der Waals surface area contributed by atoms with Crippen LogP contribution in [0.2, 0.25) is 0 Å². The molecule has 1 heterocycles. The van der Waals surface area contributed by atoms with E-state index in [4.69, 9.17) is 4.52 Å². The Labute approximate surface area is 133 Å². The molecule has 2 rings (SSSR count). The molecule has 5 nitrogen and oxygen atoms in total. The minimum absolute atomic E-state index is 0.0847. The lowest BCUT2D eigenvalue weighted by Gasteiger charge is -2.25. The maximum absolute atomic E-state index is 13.3. The number of rotatable bonds is 6. The highest BCUT2D eigenvalue weighted by molar-refractivity contribution is 5.76. The van der Waals surface area contributed by atoms with Gasteiger partial charge in [0.05, 0.1) is 6.04 Å². The van der Waals surface area contributed by atoms with Gasteiger partial charge in [-0.15, -0.1) is 0 Å². The summed E-state index contributed by atoms with van der Waals surface area (Å²) in [6.07, 6.45) is 1.42. The Hall–Kier alpha value is -2.31. The van der Waals surface area contributed by atoms with Crippen molar-refractivity contribution in [1.82, 2.24) is 15.0 Å². The predicted molar refractivity (Wildman–Crippen MR) is 79.5 cm³/mol.